The Morgan fingerprint density at radius 1 is 1.13 bits per heavy atom. The van der Waals surface area contributed by atoms with Crippen molar-refractivity contribution in [2.45, 2.75) is 29.0 Å². The van der Waals surface area contributed by atoms with E-state index < -0.39 is 0 Å². The van der Waals surface area contributed by atoms with Gasteiger partial charge in [-0.15, -0.1) is 10.2 Å². The maximum Gasteiger partial charge on any atom is 0.240 e. The number of nitrogens with one attached hydrogen (secondary N) is 1. The van der Waals surface area contributed by atoms with E-state index in [1.165, 1.54) is 23.1 Å². The minimum Gasteiger partial charge on any atom is -0.497 e. The lowest BCUT2D eigenvalue weighted by atomic mass is 10.1. The van der Waals surface area contributed by atoms with Crippen LogP contribution in [0.15, 0.2) is 58.9 Å². The second kappa shape index (κ2) is 9.95. The summed E-state index contributed by atoms with van der Waals surface area (Å²) in [5.41, 5.74) is 2.13. The fourth-order valence-corrected chi connectivity index (χ4v) is 5.37. The number of aromatic nitrogens is 2. The highest BCUT2D eigenvalue weighted by Gasteiger charge is 2.29. The summed E-state index contributed by atoms with van der Waals surface area (Å²) in [4.78, 5) is 15.1. The van der Waals surface area contributed by atoms with E-state index in [4.69, 9.17) is 4.74 Å². The van der Waals surface area contributed by atoms with E-state index >= 15 is 0 Å². The van der Waals surface area contributed by atoms with E-state index in [0.29, 0.717) is 6.54 Å². The first-order valence-electron chi connectivity index (χ1n) is 9.93. The van der Waals surface area contributed by atoms with Crippen LogP contribution in [0.5, 0.6) is 5.75 Å². The fourth-order valence-electron chi connectivity index (χ4n) is 3.34. The minimum absolute atomic E-state index is 0.159. The fraction of sp³-hybridized carbons (Fsp3) is 0.318. The summed E-state index contributed by atoms with van der Waals surface area (Å²) < 4.78 is 5.98. The summed E-state index contributed by atoms with van der Waals surface area (Å²) in [5.74, 6) is 0.995. The van der Waals surface area contributed by atoms with Crippen molar-refractivity contribution in [1.82, 2.24) is 15.1 Å². The van der Waals surface area contributed by atoms with Gasteiger partial charge in [0.15, 0.2) is 4.34 Å². The second-order valence-electron chi connectivity index (χ2n) is 7.02. The Hall–Kier alpha value is -2.58. The monoisotopic (exact) mass is 440 g/mol. The van der Waals surface area contributed by atoms with Crippen LogP contribution in [0.25, 0.3) is 0 Å². The Morgan fingerprint density at radius 3 is 2.57 bits per heavy atom. The molecule has 0 aliphatic carbocycles. The molecule has 0 saturated carbocycles. The zero-order valence-corrected chi connectivity index (χ0v) is 18.4. The normalized spacial score (nSPS) is 14.5. The molecule has 6 nitrogen and oxygen atoms in total. The number of thioether (sulfide) groups is 1. The van der Waals surface area contributed by atoms with Crippen molar-refractivity contribution in [2.75, 3.05) is 25.5 Å². The highest BCUT2D eigenvalue weighted by atomic mass is 32.2. The van der Waals surface area contributed by atoms with E-state index in [-0.39, 0.29) is 11.2 Å². The smallest absolute Gasteiger partial charge is 0.240 e. The topological polar surface area (TPSA) is 67.3 Å². The number of benzene rings is 2. The van der Waals surface area contributed by atoms with Gasteiger partial charge in [0.05, 0.1) is 7.11 Å². The Balaban J connectivity index is 1.43. The molecule has 30 heavy (non-hydrogen) atoms. The van der Waals surface area contributed by atoms with Gasteiger partial charge in [0, 0.05) is 19.6 Å². The third-order valence-electron chi connectivity index (χ3n) is 4.97. The highest BCUT2D eigenvalue weighted by molar-refractivity contribution is 8.01. The first-order chi connectivity index (χ1) is 14.7. The maximum absolute atomic E-state index is 13.2. The highest BCUT2D eigenvalue weighted by Crippen LogP contribution is 2.39. The molecule has 1 amide bonds. The Bertz CT molecular complexity index is 957. The van der Waals surface area contributed by atoms with Crippen LogP contribution in [0.1, 0.15) is 29.2 Å². The van der Waals surface area contributed by atoms with Crippen molar-refractivity contribution < 1.29 is 9.53 Å². The minimum atomic E-state index is -0.299. The van der Waals surface area contributed by atoms with E-state index in [0.717, 1.165) is 52.3 Å². The average molecular weight is 441 g/mol. The quantitative estimate of drug-likeness (QED) is 0.516. The van der Waals surface area contributed by atoms with Crippen LogP contribution >= 0.6 is 23.1 Å². The standard InChI is InChI=1S/C22H24N4O2S2/c1-28-18-11-9-16(10-12-18)15-23-21-24-25-22(30-21)29-19(17-7-3-2-4-8-17)20(27)26-13-5-6-14-26/h2-4,7-12,19H,5-6,13-15H2,1H3,(H,23,24)/t19-/m1/s1. The Kier molecular flexibility index (Phi) is 6.86. The molecular formula is C22H24N4O2S2. The van der Waals surface area contributed by atoms with Gasteiger partial charge in [-0.25, -0.2) is 0 Å². The van der Waals surface area contributed by atoms with E-state index in [9.17, 15) is 4.79 Å². The number of carbonyl (C=O) groups is 1. The summed E-state index contributed by atoms with van der Waals surface area (Å²) in [7, 11) is 1.66. The van der Waals surface area contributed by atoms with Gasteiger partial charge in [0.2, 0.25) is 11.0 Å². The first kappa shape index (κ1) is 20.7. The average Bonchev–Trinajstić information content (AvgIpc) is 3.49. The molecule has 156 valence electrons. The first-order valence-corrected chi connectivity index (χ1v) is 11.6. The molecule has 8 heteroatoms. The van der Waals surface area contributed by atoms with Crippen LogP contribution < -0.4 is 10.1 Å². The second-order valence-corrected chi connectivity index (χ2v) is 9.35. The van der Waals surface area contributed by atoms with Crippen LogP contribution in [-0.4, -0.2) is 41.2 Å². The van der Waals surface area contributed by atoms with Gasteiger partial charge in [-0.2, -0.15) is 0 Å². The van der Waals surface area contributed by atoms with Crippen molar-refractivity contribution in [3.05, 3.63) is 65.7 Å². The van der Waals surface area contributed by atoms with Gasteiger partial charge in [-0.05, 0) is 36.1 Å². The number of carbonyl (C=O) groups excluding carboxylic acids is 1. The van der Waals surface area contributed by atoms with Crippen molar-refractivity contribution >= 4 is 34.1 Å². The van der Waals surface area contributed by atoms with Gasteiger partial charge >= 0.3 is 0 Å². The van der Waals surface area contributed by atoms with Crippen LogP contribution in [0, 0.1) is 0 Å². The van der Waals surface area contributed by atoms with E-state index in [1.54, 1.807) is 7.11 Å². The van der Waals surface area contributed by atoms with Crippen molar-refractivity contribution in [2.24, 2.45) is 0 Å². The third kappa shape index (κ3) is 5.12. The molecule has 1 aliphatic heterocycles. The van der Waals surface area contributed by atoms with Crippen molar-refractivity contribution in [3.63, 3.8) is 0 Å². The Morgan fingerprint density at radius 2 is 1.87 bits per heavy atom. The Labute approximate surface area is 184 Å². The van der Waals surface area contributed by atoms with Crippen LogP contribution in [0.3, 0.4) is 0 Å². The summed E-state index contributed by atoms with van der Waals surface area (Å²) >= 11 is 2.96. The molecule has 0 spiro atoms. The molecule has 0 radical (unpaired) electrons. The van der Waals surface area contributed by atoms with Gasteiger partial charge in [-0.3, -0.25) is 4.79 Å². The molecule has 2 heterocycles. The number of rotatable bonds is 8. The van der Waals surface area contributed by atoms with Crippen molar-refractivity contribution in [1.29, 1.82) is 0 Å². The molecule has 2 aromatic carbocycles. The van der Waals surface area contributed by atoms with Crippen molar-refractivity contribution in [3.8, 4) is 5.75 Å². The third-order valence-corrected chi connectivity index (χ3v) is 7.18. The molecular weight excluding hydrogens is 416 g/mol. The summed E-state index contributed by atoms with van der Waals surface area (Å²) in [6.07, 6.45) is 2.16. The maximum atomic E-state index is 13.2. The van der Waals surface area contributed by atoms with E-state index in [1.807, 2.05) is 59.5 Å². The lowest BCUT2D eigenvalue weighted by Gasteiger charge is -2.22. The number of likely N-dealkylation sites (tertiary alicyclic amines) is 1. The molecule has 0 bridgehead atoms. The predicted molar refractivity (Wildman–Crippen MR) is 121 cm³/mol. The van der Waals surface area contributed by atoms with Gasteiger partial charge in [0.1, 0.15) is 11.0 Å². The summed E-state index contributed by atoms with van der Waals surface area (Å²) in [6.45, 7) is 2.33. The largest absolute Gasteiger partial charge is 0.497 e. The molecule has 1 atom stereocenters. The van der Waals surface area contributed by atoms with Crippen LogP contribution in [0.4, 0.5) is 5.13 Å². The zero-order chi connectivity index (χ0) is 20.8. The van der Waals surface area contributed by atoms with Gasteiger partial charge in [-0.1, -0.05) is 65.6 Å². The van der Waals surface area contributed by atoms with Gasteiger partial charge in [0.25, 0.3) is 0 Å². The number of methoxy groups -OCH3 is 1. The summed E-state index contributed by atoms with van der Waals surface area (Å²) in [6, 6.07) is 17.8. The molecule has 1 saturated heterocycles. The predicted octanol–water partition coefficient (Wildman–Crippen LogP) is 4.61. The number of ether oxygens (including phenoxy) is 1. The zero-order valence-electron chi connectivity index (χ0n) is 16.8. The number of hydrogen-bond acceptors (Lipinski definition) is 7. The summed E-state index contributed by atoms with van der Waals surface area (Å²) in [5, 5.41) is 12.3. The lowest BCUT2D eigenvalue weighted by Crippen LogP contribution is -2.31. The molecule has 0 unspecified atom stereocenters. The molecule has 1 fully saturated rings. The molecule has 4 rings (SSSR count). The molecule has 1 N–H and O–H groups in total. The van der Waals surface area contributed by atoms with Gasteiger partial charge < -0.3 is 15.0 Å². The van der Waals surface area contributed by atoms with E-state index in [2.05, 4.69) is 15.5 Å². The number of anilines is 1. The number of nitrogens with zero attached hydrogens (tertiary/aromatic N) is 3. The lowest BCUT2D eigenvalue weighted by molar-refractivity contribution is -0.129. The van der Waals surface area contributed by atoms with Crippen LogP contribution in [-0.2, 0) is 11.3 Å². The number of amides is 1. The van der Waals surface area contributed by atoms with Crippen LogP contribution in [0.2, 0.25) is 0 Å². The molecule has 3 aromatic rings. The SMILES string of the molecule is COc1ccc(CNc2nnc(S[C@@H](C(=O)N3CCCC3)c3ccccc3)s2)cc1. The molecule has 1 aliphatic rings. The number of hydrogen-bond donors (Lipinski definition) is 1. The molecule has 1 aromatic heterocycles.